The highest BCUT2D eigenvalue weighted by molar-refractivity contribution is 6.73. The Morgan fingerprint density at radius 2 is 2.06 bits per heavy atom. The zero-order chi connectivity index (χ0) is 12.3. The molecule has 0 spiro atoms. The van der Waals surface area contributed by atoms with Crippen LogP contribution in [0.15, 0.2) is 47.1 Å². The summed E-state index contributed by atoms with van der Waals surface area (Å²) in [6, 6.07) is 0. The summed E-state index contributed by atoms with van der Waals surface area (Å²) in [4.78, 5) is 0. The van der Waals surface area contributed by atoms with Crippen LogP contribution in [0.3, 0.4) is 0 Å². The maximum Gasteiger partial charge on any atom is 0.0128 e. The minimum atomic E-state index is -0.314. The monoisotopic (exact) mass is 242 g/mol. The van der Waals surface area contributed by atoms with E-state index in [1.165, 1.54) is 30.4 Å². The lowest BCUT2D eigenvalue weighted by Gasteiger charge is -2.08. The van der Waals surface area contributed by atoms with E-state index in [0.717, 1.165) is 6.42 Å². The van der Waals surface area contributed by atoms with Gasteiger partial charge in [-0.2, -0.15) is 0 Å². The van der Waals surface area contributed by atoms with E-state index >= 15 is 0 Å². The summed E-state index contributed by atoms with van der Waals surface area (Å²) >= 11 is 0. The standard InChI is InChI=1S/C16H22Si/c1-4-5-8-14-11-15(17(2)3)12-16(14)13-9-6-7-10-13/h6-7,9,11-12H,4-5,8,10H2,1-3H3. The van der Waals surface area contributed by atoms with E-state index in [2.05, 4.69) is 50.4 Å². The van der Waals surface area contributed by atoms with Crippen molar-refractivity contribution in [1.82, 2.24) is 0 Å². The molecule has 2 aliphatic rings. The van der Waals surface area contributed by atoms with Crippen LogP contribution < -0.4 is 0 Å². The number of allylic oxidation sites excluding steroid dienone is 8. The van der Waals surface area contributed by atoms with Crippen molar-refractivity contribution < 1.29 is 0 Å². The van der Waals surface area contributed by atoms with Gasteiger partial charge >= 0.3 is 0 Å². The summed E-state index contributed by atoms with van der Waals surface area (Å²) in [5, 5.41) is 1.60. The molecule has 2 rings (SSSR count). The lowest BCUT2D eigenvalue weighted by molar-refractivity contribution is 0.793. The van der Waals surface area contributed by atoms with Crippen molar-refractivity contribution in [2.75, 3.05) is 0 Å². The first-order chi connectivity index (χ1) is 8.22. The van der Waals surface area contributed by atoms with Gasteiger partial charge < -0.3 is 0 Å². The molecule has 0 nitrogen and oxygen atoms in total. The lowest BCUT2D eigenvalue weighted by Crippen LogP contribution is -2.00. The van der Waals surface area contributed by atoms with Gasteiger partial charge in [0.1, 0.15) is 0 Å². The quantitative estimate of drug-likeness (QED) is 0.639. The molecule has 0 aromatic heterocycles. The fourth-order valence-electron chi connectivity index (χ4n) is 2.36. The Bertz CT molecular complexity index is 452. The second-order valence-electron chi connectivity index (χ2n) is 5.11. The molecule has 0 amide bonds. The summed E-state index contributed by atoms with van der Waals surface area (Å²) in [6.07, 6.45) is 16.6. The van der Waals surface area contributed by atoms with Crippen LogP contribution >= 0.6 is 0 Å². The van der Waals surface area contributed by atoms with Gasteiger partial charge in [0, 0.05) is 8.41 Å². The Kier molecular flexibility index (Phi) is 4.11. The molecular formula is C16H22Si. The third kappa shape index (κ3) is 2.84. The van der Waals surface area contributed by atoms with Crippen LogP contribution in [-0.2, 0) is 0 Å². The van der Waals surface area contributed by atoms with E-state index in [4.69, 9.17) is 0 Å². The molecule has 17 heavy (non-hydrogen) atoms. The first-order valence-corrected chi connectivity index (χ1v) is 9.18. The SMILES string of the molecule is CCCCC1=CC(=[Si](C)C)C=C1C1=CC=CC1. The van der Waals surface area contributed by atoms with Crippen molar-refractivity contribution in [2.45, 2.75) is 45.7 Å². The second-order valence-corrected chi connectivity index (χ2v) is 7.69. The van der Waals surface area contributed by atoms with Crippen LogP contribution in [0.4, 0.5) is 0 Å². The van der Waals surface area contributed by atoms with Gasteiger partial charge in [0.15, 0.2) is 0 Å². The molecule has 0 saturated heterocycles. The second kappa shape index (κ2) is 5.59. The molecule has 0 saturated carbocycles. The molecule has 0 aromatic rings. The summed E-state index contributed by atoms with van der Waals surface area (Å²) in [7, 11) is -0.314. The Hall–Kier alpha value is -0.953. The summed E-state index contributed by atoms with van der Waals surface area (Å²) in [5.41, 5.74) is 4.64. The first kappa shape index (κ1) is 12.5. The minimum absolute atomic E-state index is 0.314. The minimum Gasteiger partial charge on any atom is -0.0801 e. The highest BCUT2D eigenvalue weighted by Gasteiger charge is 2.17. The number of rotatable bonds is 4. The van der Waals surface area contributed by atoms with E-state index in [1.54, 1.807) is 10.7 Å². The maximum absolute atomic E-state index is 2.47. The Labute approximate surface area is 107 Å². The fraction of sp³-hybridized carbons (Fsp3) is 0.438. The Morgan fingerprint density at radius 1 is 1.24 bits per heavy atom. The van der Waals surface area contributed by atoms with Crippen molar-refractivity contribution >= 4 is 13.6 Å². The average molecular weight is 242 g/mol. The van der Waals surface area contributed by atoms with E-state index in [1.807, 2.05) is 0 Å². The summed E-state index contributed by atoms with van der Waals surface area (Å²) in [6.45, 7) is 7.04. The molecule has 0 aromatic carbocycles. The third-order valence-corrected chi connectivity index (χ3v) is 4.91. The Balaban J connectivity index is 2.25. The smallest absolute Gasteiger partial charge is 0.0128 e. The Morgan fingerprint density at radius 3 is 2.65 bits per heavy atom. The maximum atomic E-state index is 2.47. The molecule has 0 atom stereocenters. The molecule has 90 valence electrons. The van der Waals surface area contributed by atoms with Crippen molar-refractivity contribution in [3.63, 3.8) is 0 Å². The van der Waals surface area contributed by atoms with E-state index in [9.17, 15) is 0 Å². The highest BCUT2D eigenvalue weighted by atomic mass is 28.2. The molecule has 0 unspecified atom stereocenters. The van der Waals surface area contributed by atoms with E-state index in [0.29, 0.717) is 0 Å². The normalized spacial score (nSPS) is 18.3. The number of unbranched alkanes of at least 4 members (excludes halogenated alkanes) is 1. The van der Waals surface area contributed by atoms with Crippen molar-refractivity contribution in [1.29, 1.82) is 0 Å². The number of hydrogen-bond donors (Lipinski definition) is 0. The molecule has 2 aliphatic carbocycles. The van der Waals surface area contributed by atoms with E-state index in [-0.39, 0.29) is 8.41 Å². The molecule has 0 heterocycles. The van der Waals surface area contributed by atoms with Gasteiger partial charge in [0.2, 0.25) is 0 Å². The number of hydrogen-bond acceptors (Lipinski definition) is 0. The van der Waals surface area contributed by atoms with Crippen molar-refractivity contribution in [2.24, 2.45) is 0 Å². The molecule has 0 fully saturated rings. The summed E-state index contributed by atoms with van der Waals surface area (Å²) in [5.74, 6) is 0. The van der Waals surface area contributed by atoms with Gasteiger partial charge in [-0.25, -0.2) is 0 Å². The van der Waals surface area contributed by atoms with Gasteiger partial charge in [-0.1, -0.05) is 56.8 Å². The van der Waals surface area contributed by atoms with Crippen LogP contribution in [-0.4, -0.2) is 13.6 Å². The van der Waals surface area contributed by atoms with Crippen LogP contribution in [0.25, 0.3) is 0 Å². The molecule has 0 bridgehead atoms. The van der Waals surface area contributed by atoms with Gasteiger partial charge in [-0.05, 0) is 41.2 Å². The molecule has 0 aliphatic heterocycles. The molecule has 1 heteroatoms. The molecule has 0 radical (unpaired) electrons. The van der Waals surface area contributed by atoms with Crippen LogP contribution in [0, 0.1) is 0 Å². The van der Waals surface area contributed by atoms with Crippen LogP contribution in [0.1, 0.15) is 32.6 Å². The van der Waals surface area contributed by atoms with E-state index < -0.39 is 0 Å². The molecule has 0 N–H and O–H groups in total. The highest BCUT2D eigenvalue weighted by Crippen LogP contribution is 2.32. The predicted molar refractivity (Wildman–Crippen MR) is 80.0 cm³/mol. The van der Waals surface area contributed by atoms with Gasteiger partial charge in [0.25, 0.3) is 0 Å². The molecular weight excluding hydrogens is 220 g/mol. The fourth-order valence-corrected chi connectivity index (χ4v) is 3.26. The predicted octanol–water partition coefficient (Wildman–Crippen LogP) is 4.44. The van der Waals surface area contributed by atoms with Crippen LogP contribution in [0.5, 0.6) is 0 Å². The third-order valence-electron chi connectivity index (χ3n) is 3.47. The van der Waals surface area contributed by atoms with Crippen molar-refractivity contribution in [3.8, 4) is 0 Å². The van der Waals surface area contributed by atoms with Crippen LogP contribution in [0.2, 0.25) is 13.1 Å². The van der Waals surface area contributed by atoms with Gasteiger partial charge in [-0.15, -0.1) is 0 Å². The lowest BCUT2D eigenvalue weighted by atomic mass is 9.96. The topological polar surface area (TPSA) is 0 Å². The largest absolute Gasteiger partial charge is 0.0801 e. The average Bonchev–Trinajstić information content (AvgIpc) is 2.94. The zero-order valence-electron chi connectivity index (χ0n) is 11.2. The van der Waals surface area contributed by atoms with Gasteiger partial charge in [0.05, 0.1) is 0 Å². The van der Waals surface area contributed by atoms with Crippen molar-refractivity contribution in [3.05, 3.63) is 47.1 Å². The summed E-state index contributed by atoms with van der Waals surface area (Å²) < 4.78 is 0. The first-order valence-electron chi connectivity index (χ1n) is 6.68. The van der Waals surface area contributed by atoms with Gasteiger partial charge in [-0.3, -0.25) is 0 Å². The zero-order valence-corrected chi connectivity index (χ0v) is 12.2.